The third-order valence-corrected chi connectivity index (χ3v) is 4.12. The molecule has 0 aliphatic carbocycles. The maximum atomic E-state index is 12.7. The van der Waals surface area contributed by atoms with Gasteiger partial charge < -0.3 is 14.1 Å². The molecule has 0 fully saturated rings. The van der Waals surface area contributed by atoms with E-state index in [0.717, 1.165) is 5.76 Å². The summed E-state index contributed by atoms with van der Waals surface area (Å²) in [5.41, 5.74) is -0.300. The van der Waals surface area contributed by atoms with E-state index >= 15 is 0 Å². The van der Waals surface area contributed by atoms with E-state index in [-0.39, 0.29) is 16.7 Å². The molecule has 0 bridgehead atoms. The lowest BCUT2D eigenvalue weighted by Crippen LogP contribution is -2.48. The van der Waals surface area contributed by atoms with Crippen molar-refractivity contribution < 1.29 is 13.9 Å². The number of thioether (sulfide) groups is 1. The van der Waals surface area contributed by atoms with Crippen LogP contribution in [0.4, 0.5) is 0 Å². The van der Waals surface area contributed by atoms with Crippen molar-refractivity contribution in [2.45, 2.75) is 52.0 Å². The van der Waals surface area contributed by atoms with Gasteiger partial charge in [0.05, 0.1) is 24.7 Å². The number of nitrogens with zero attached hydrogens (tertiary/aromatic N) is 1. The van der Waals surface area contributed by atoms with E-state index in [2.05, 4.69) is 0 Å². The molecule has 118 valence electrons. The smallest absolute Gasteiger partial charge is 0.236 e. The molecule has 0 saturated heterocycles. The molecule has 1 aromatic rings. The minimum absolute atomic E-state index is 0.0194. The monoisotopic (exact) mass is 329 g/mol. The first-order valence-electron chi connectivity index (χ1n) is 6.93. The Morgan fingerprint density at radius 2 is 2.19 bits per heavy atom. The second-order valence-electron chi connectivity index (χ2n) is 5.62. The molecule has 0 aliphatic heterocycles. The normalized spacial score (nSPS) is 12.8. The van der Waals surface area contributed by atoms with Gasteiger partial charge in [-0.2, -0.15) is 0 Å². The van der Waals surface area contributed by atoms with Crippen LogP contribution in [0.5, 0.6) is 0 Å². The molecule has 1 aromatic heterocycles. The van der Waals surface area contributed by atoms with E-state index in [1.54, 1.807) is 11.2 Å². The van der Waals surface area contributed by atoms with Crippen LogP contribution in [0.1, 0.15) is 40.4 Å². The van der Waals surface area contributed by atoms with E-state index in [4.69, 9.17) is 21.4 Å². The average Bonchev–Trinajstić information content (AvgIpc) is 2.86. The van der Waals surface area contributed by atoms with Crippen molar-refractivity contribution in [3.63, 3.8) is 0 Å². The molecule has 0 aromatic carbocycles. The number of ether oxygens (including phenoxy) is 1. The zero-order valence-corrected chi connectivity index (χ0v) is 14.8. The van der Waals surface area contributed by atoms with Gasteiger partial charge in [-0.1, -0.05) is 11.8 Å². The summed E-state index contributed by atoms with van der Waals surface area (Å²) in [6.45, 7) is 10.7. The Morgan fingerprint density at radius 1 is 1.52 bits per heavy atom. The van der Waals surface area contributed by atoms with E-state index < -0.39 is 0 Å². The van der Waals surface area contributed by atoms with Crippen LogP contribution in [0.15, 0.2) is 22.8 Å². The predicted molar refractivity (Wildman–Crippen MR) is 90.3 cm³/mol. The lowest BCUT2D eigenvalue weighted by Gasteiger charge is -2.36. The van der Waals surface area contributed by atoms with Crippen molar-refractivity contribution in [2.24, 2.45) is 0 Å². The summed E-state index contributed by atoms with van der Waals surface area (Å²) >= 11 is 6.37. The fourth-order valence-corrected chi connectivity index (χ4v) is 3.02. The number of carbonyl (C=O) groups excluding carboxylic acids is 1. The Kier molecular flexibility index (Phi) is 6.74. The van der Waals surface area contributed by atoms with Crippen molar-refractivity contribution in [2.75, 3.05) is 6.61 Å². The predicted octanol–water partition coefficient (Wildman–Crippen LogP) is 3.85. The number of amides is 1. The maximum Gasteiger partial charge on any atom is 0.236 e. The van der Waals surface area contributed by atoms with Gasteiger partial charge in [0.1, 0.15) is 5.76 Å². The van der Waals surface area contributed by atoms with Gasteiger partial charge in [0, 0.05) is 5.54 Å². The van der Waals surface area contributed by atoms with E-state index in [0.29, 0.717) is 17.5 Å². The first-order valence-corrected chi connectivity index (χ1v) is 8.21. The maximum absolute atomic E-state index is 12.7. The largest absolute Gasteiger partial charge is 0.479 e. The number of hydrogen-bond acceptors (Lipinski definition) is 5. The fraction of sp³-hybridized carbons (Fsp3) is 0.600. The standard InChI is InChI=1S/C15H23NO3S2/c1-6-18-14(20)21-11(2)13(17)16(15(3,4)5)10-12-8-7-9-19-12/h7-9,11H,6,10H2,1-5H3. The summed E-state index contributed by atoms with van der Waals surface area (Å²) in [7, 11) is 0. The van der Waals surface area contributed by atoms with E-state index in [9.17, 15) is 4.79 Å². The van der Waals surface area contributed by atoms with Crippen LogP contribution in [0.2, 0.25) is 0 Å². The Labute approximate surface area is 136 Å². The number of thiocarbonyl (C=S) groups is 1. The minimum atomic E-state index is -0.300. The molecule has 1 amide bonds. The van der Waals surface area contributed by atoms with Crippen molar-refractivity contribution in [1.29, 1.82) is 0 Å². The molecule has 0 spiro atoms. The lowest BCUT2D eigenvalue weighted by molar-refractivity contribution is -0.136. The van der Waals surface area contributed by atoms with Gasteiger partial charge in [0.25, 0.3) is 0 Å². The first kappa shape index (κ1) is 18.0. The zero-order valence-electron chi connectivity index (χ0n) is 13.2. The fourth-order valence-electron chi connectivity index (χ4n) is 1.77. The molecule has 1 atom stereocenters. The highest BCUT2D eigenvalue weighted by Crippen LogP contribution is 2.24. The minimum Gasteiger partial charge on any atom is -0.479 e. The van der Waals surface area contributed by atoms with E-state index in [1.165, 1.54) is 11.8 Å². The SMILES string of the molecule is CCOC(=S)SC(C)C(=O)N(Cc1ccco1)C(C)(C)C. The average molecular weight is 329 g/mol. The molecule has 4 nitrogen and oxygen atoms in total. The van der Waals surface area contributed by atoms with Crippen molar-refractivity contribution in [1.82, 2.24) is 4.90 Å². The molecule has 0 N–H and O–H groups in total. The molecular formula is C15H23NO3S2. The molecule has 1 heterocycles. The molecule has 0 saturated carbocycles. The first-order chi connectivity index (χ1) is 9.75. The van der Waals surface area contributed by atoms with Crippen LogP contribution in [-0.4, -0.2) is 32.6 Å². The molecule has 21 heavy (non-hydrogen) atoms. The van der Waals surface area contributed by atoms with Crippen molar-refractivity contribution >= 4 is 34.3 Å². The number of furan rings is 1. The topological polar surface area (TPSA) is 42.7 Å². The second-order valence-corrected chi connectivity index (χ2v) is 7.56. The molecule has 0 radical (unpaired) electrons. The summed E-state index contributed by atoms with van der Waals surface area (Å²) in [6.07, 6.45) is 1.61. The Morgan fingerprint density at radius 3 is 2.67 bits per heavy atom. The van der Waals surface area contributed by atoms with Crippen LogP contribution in [-0.2, 0) is 16.1 Å². The number of carbonyl (C=O) groups is 1. The van der Waals surface area contributed by atoms with Gasteiger partial charge in [-0.3, -0.25) is 4.79 Å². The highest BCUT2D eigenvalue weighted by molar-refractivity contribution is 8.23. The summed E-state index contributed by atoms with van der Waals surface area (Å²) in [5.74, 6) is 0.786. The quantitative estimate of drug-likeness (QED) is 0.768. The van der Waals surface area contributed by atoms with Gasteiger partial charge in [-0.25, -0.2) is 0 Å². The van der Waals surface area contributed by atoms with E-state index in [1.807, 2.05) is 46.8 Å². The summed E-state index contributed by atoms with van der Waals surface area (Å²) in [4.78, 5) is 14.5. The summed E-state index contributed by atoms with van der Waals surface area (Å²) < 4.78 is 11.0. The van der Waals surface area contributed by atoms with Gasteiger partial charge in [-0.05, 0) is 59.0 Å². The van der Waals surface area contributed by atoms with Crippen LogP contribution in [0.3, 0.4) is 0 Å². The molecule has 6 heteroatoms. The number of rotatable bonds is 5. The summed E-state index contributed by atoms with van der Waals surface area (Å²) in [5, 5.41) is -0.293. The van der Waals surface area contributed by atoms with Crippen LogP contribution in [0, 0.1) is 0 Å². The highest BCUT2D eigenvalue weighted by Gasteiger charge is 2.31. The Balaban J connectivity index is 2.78. The third kappa shape index (κ3) is 5.71. The lowest BCUT2D eigenvalue weighted by atomic mass is 10.1. The molecule has 0 aliphatic rings. The molecular weight excluding hydrogens is 306 g/mol. The van der Waals surface area contributed by atoms with Crippen LogP contribution >= 0.6 is 24.0 Å². The molecule has 1 unspecified atom stereocenters. The second kappa shape index (κ2) is 7.84. The highest BCUT2D eigenvalue weighted by atomic mass is 32.2. The van der Waals surface area contributed by atoms with Crippen molar-refractivity contribution in [3.8, 4) is 0 Å². The van der Waals surface area contributed by atoms with Crippen LogP contribution in [0.25, 0.3) is 0 Å². The van der Waals surface area contributed by atoms with Gasteiger partial charge in [0.2, 0.25) is 10.3 Å². The number of hydrogen-bond donors (Lipinski definition) is 0. The Hall–Kier alpha value is -1.01. The van der Waals surface area contributed by atoms with Crippen molar-refractivity contribution in [3.05, 3.63) is 24.2 Å². The zero-order chi connectivity index (χ0) is 16.0. The summed E-state index contributed by atoms with van der Waals surface area (Å²) in [6, 6.07) is 3.69. The van der Waals surface area contributed by atoms with Crippen LogP contribution < -0.4 is 0 Å². The molecule has 1 rings (SSSR count). The van der Waals surface area contributed by atoms with Gasteiger partial charge in [-0.15, -0.1) is 0 Å². The van der Waals surface area contributed by atoms with Gasteiger partial charge in [0.15, 0.2) is 0 Å². The Bertz CT molecular complexity index is 466. The van der Waals surface area contributed by atoms with Gasteiger partial charge >= 0.3 is 0 Å². The third-order valence-electron chi connectivity index (χ3n) is 2.85.